The van der Waals surface area contributed by atoms with E-state index < -0.39 is 6.04 Å². The zero-order valence-corrected chi connectivity index (χ0v) is 25.1. The topological polar surface area (TPSA) is 57.6 Å². The molecule has 2 atom stereocenters. The normalized spacial score (nSPS) is 16.7. The SMILES string of the molecule is CCOc1cc(OC)ccc1C1=NC(c2ccc(Cl)cc2)C(c2ccc(Cl)cc2)N1C(=O)N(CC)CCN(C)C. The second-order valence-corrected chi connectivity index (χ2v) is 10.6. The number of aliphatic imine (C=N–C) groups is 1. The van der Waals surface area contributed by atoms with E-state index in [1.165, 1.54) is 0 Å². The molecule has 0 aromatic heterocycles. The van der Waals surface area contributed by atoms with E-state index in [2.05, 4.69) is 4.90 Å². The number of halogens is 2. The van der Waals surface area contributed by atoms with Crippen LogP contribution in [0.25, 0.3) is 0 Å². The van der Waals surface area contributed by atoms with Crippen molar-refractivity contribution in [2.75, 3.05) is 47.4 Å². The number of nitrogens with zero attached hydrogens (tertiary/aromatic N) is 4. The summed E-state index contributed by atoms with van der Waals surface area (Å²) < 4.78 is 11.5. The molecule has 0 aliphatic carbocycles. The average molecular weight is 584 g/mol. The molecular formula is C31H36Cl2N4O3. The highest BCUT2D eigenvalue weighted by Gasteiger charge is 2.44. The Bertz CT molecular complexity index is 1330. The Labute approximate surface area is 246 Å². The van der Waals surface area contributed by atoms with Crippen molar-refractivity contribution in [3.05, 3.63) is 93.5 Å². The van der Waals surface area contributed by atoms with E-state index >= 15 is 0 Å². The molecule has 2 amide bonds. The minimum absolute atomic E-state index is 0.127. The van der Waals surface area contributed by atoms with E-state index in [0.717, 1.165) is 23.2 Å². The van der Waals surface area contributed by atoms with E-state index in [9.17, 15) is 4.79 Å². The van der Waals surface area contributed by atoms with E-state index in [1.807, 2.05) is 104 Å². The molecular weight excluding hydrogens is 547 g/mol. The van der Waals surface area contributed by atoms with Gasteiger partial charge >= 0.3 is 6.03 Å². The van der Waals surface area contributed by atoms with Crippen molar-refractivity contribution < 1.29 is 14.3 Å². The molecule has 2 unspecified atom stereocenters. The van der Waals surface area contributed by atoms with Gasteiger partial charge in [-0.3, -0.25) is 9.89 Å². The Morgan fingerprint density at radius 1 is 0.925 bits per heavy atom. The standard InChI is InChI=1S/C31H36Cl2N4O3/c1-6-36(19-18-35(3)4)31(38)37-29(22-10-14-24(33)15-11-22)28(21-8-12-23(32)13-9-21)34-30(37)26-17-16-25(39-5)20-27(26)40-7-2/h8-17,20,28-29H,6-7,18-19H2,1-5H3. The molecule has 3 aromatic carbocycles. The smallest absolute Gasteiger partial charge is 0.326 e. The predicted octanol–water partition coefficient (Wildman–Crippen LogP) is 6.95. The Balaban J connectivity index is 1.93. The first-order chi connectivity index (χ1) is 19.3. The first-order valence-electron chi connectivity index (χ1n) is 13.4. The van der Waals surface area contributed by atoms with Crippen LogP contribution in [0.15, 0.2) is 71.7 Å². The number of benzene rings is 3. The molecule has 212 valence electrons. The van der Waals surface area contributed by atoms with Crippen molar-refractivity contribution >= 4 is 35.1 Å². The second kappa shape index (κ2) is 13.4. The summed E-state index contributed by atoms with van der Waals surface area (Å²) in [5.74, 6) is 1.80. The molecule has 1 aliphatic heterocycles. The van der Waals surface area contributed by atoms with Crippen LogP contribution in [-0.2, 0) is 0 Å². The third-order valence-electron chi connectivity index (χ3n) is 6.89. The number of carbonyl (C=O) groups excluding carboxylic acids is 1. The Morgan fingerprint density at radius 3 is 2.10 bits per heavy atom. The summed E-state index contributed by atoms with van der Waals surface area (Å²) in [6.07, 6.45) is 0. The third kappa shape index (κ3) is 6.54. The van der Waals surface area contributed by atoms with E-state index in [-0.39, 0.29) is 12.1 Å². The number of methoxy groups -OCH3 is 1. The number of amidine groups is 1. The molecule has 0 spiro atoms. The number of hydrogen-bond donors (Lipinski definition) is 0. The number of hydrogen-bond acceptors (Lipinski definition) is 5. The highest BCUT2D eigenvalue weighted by molar-refractivity contribution is 6.30. The minimum Gasteiger partial charge on any atom is -0.497 e. The molecule has 40 heavy (non-hydrogen) atoms. The van der Waals surface area contributed by atoms with Gasteiger partial charge in [-0.05, 0) is 75.5 Å². The van der Waals surface area contributed by atoms with E-state index in [4.69, 9.17) is 37.7 Å². The second-order valence-electron chi connectivity index (χ2n) is 9.78. The third-order valence-corrected chi connectivity index (χ3v) is 7.40. The molecule has 0 saturated heterocycles. The van der Waals surface area contributed by atoms with Gasteiger partial charge in [0.15, 0.2) is 0 Å². The molecule has 1 aliphatic rings. The van der Waals surface area contributed by atoms with Crippen LogP contribution in [0.3, 0.4) is 0 Å². The lowest BCUT2D eigenvalue weighted by Gasteiger charge is -2.34. The van der Waals surface area contributed by atoms with Gasteiger partial charge in [0.1, 0.15) is 23.4 Å². The summed E-state index contributed by atoms with van der Waals surface area (Å²) in [6.45, 7) is 6.23. The highest BCUT2D eigenvalue weighted by atomic mass is 35.5. The van der Waals surface area contributed by atoms with E-state index in [0.29, 0.717) is 47.1 Å². The number of rotatable bonds is 10. The summed E-state index contributed by atoms with van der Waals surface area (Å²) >= 11 is 12.5. The summed E-state index contributed by atoms with van der Waals surface area (Å²) in [7, 11) is 5.62. The monoisotopic (exact) mass is 582 g/mol. The molecule has 7 nitrogen and oxygen atoms in total. The van der Waals surface area contributed by atoms with Gasteiger partial charge in [0.2, 0.25) is 0 Å². The van der Waals surface area contributed by atoms with Crippen LogP contribution in [0.4, 0.5) is 4.79 Å². The van der Waals surface area contributed by atoms with Crippen molar-refractivity contribution in [1.82, 2.24) is 14.7 Å². The first kappa shape index (κ1) is 29.7. The van der Waals surface area contributed by atoms with Gasteiger partial charge < -0.3 is 19.3 Å². The van der Waals surface area contributed by atoms with Crippen molar-refractivity contribution in [2.45, 2.75) is 25.9 Å². The minimum atomic E-state index is -0.425. The zero-order valence-electron chi connectivity index (χ0n) is 23.6. The van der Waals surface area contributed by atoms with Crippen LogP contribution in [-0.4, -0.2) is 74.0 Å². The molecule has 3 aromatic rings. The highest BCUT2D eigenvalue weighted by Crippen LogP contribution is 2.45. The van der Waals surface area contributed by atoms with Gasteiger partial charge in [-0.1, -0.05) is 47.5 Å². The lowest BCUT2D eigenvalue weighted by molar-refractivity contribution is 0.161. The van der Waals surface area contributed by atoms with E-state index in [1.54, 1.807) is 7.11 Å². The van der Waals surface area contributed by atoms with Crippen LogP contribution in [0.5, 0.6) is 11.5 Å². The van der Waals surface area contributed by atoms with Crippen LogP contribution in [0, 0.1) is 0 Å². The summed E-state index contributed by atoms with van der Waals surface area (Å²) in [6, 6.07) is 19.9. The zero-order chi connectivity index (χ0) is 28.8. The van der Waals surface area contributed by atoms with Crippen LogP contribution < -0.4 is 9.47 Å². The van der Waals surface area contributed by atoms with Crippen LogP contribution in [0.2, 0.25) is 10.0 Å². The van der Waals surface area contributed by atoms with Crippen LogP contribution in [0.1, 0.15) is 42.6 Å². The molecule has 0 saturated carbocycles. The van der Waals surface area contributed by atoms with Gasteiger partial charge in [0, 0.05) is 35.7 Å². The fraction of sp³-hybridized carbons (Fsp3) is 0.355. The maximum Gasteiger partial charge on any atom is 0.326 e. The summed E-state index contributed by atoms with van der Waals surface area (Å²) in [4.78, 5) is 25.5. The van der Waals surface area contributed by atoms with Gasteiger partial charge in [-0.2, -0.15) is 0 Å². The molecule has 9 heteroatoms. The lowest BCUT2D eigenvalue weighted by Crippen LogP contribution is -2.48. The Hall–Kier alpha value is -3.26. The van der Waals surface area contributed by atoms with Crippen molar-refractivity contribution in [3.8, 4) is 11.5 Å². The van der Waals surface area contributed by atoms with Gasteiger partial charge in [0.25, 0.3) is 0 Å². The molecule has 0 fully saturated rings. The Kier molecular flexibility index (Phi) is 9.95. The Morgan fingerprint density at radius 2 is 1.55 bits per heavy atom. The largest absolute Gasteiger partial charge is 0.497 e. The summed E-state index contributed by atoms with van der Waals surface area (Å²) in [5, 5.41) is 1.26. The van der Waals surface area contributed by atoms with Crippen molar-refractivity contribution in [3.63, 3.8) is 0 Å². The number of carbonyl (C=O) groups is 1. The van der Waals surface area contributed by atoms with Crippen molar-refractivity contribution in [1.29, 1.82) is 0 Å². The fourth-order valence-electron chi connectivity index (χ4n) is 4.81. The fourth-order valence-corrected chi connectivity index (χ4v) is 5.06. The van der Waals surface area contributed by atoms with Crippen LogP contribution >= 0.6 is 23.2 Å². The predicted molar refractivity (Wildman–Crippen MR) is 162 cm³/mol. The number of likely N-dealkylation sites (N-methyl/N-ethyl adjacent to an activating group) is 2. The molecule has 4 rings (SSSR count). The van der Waals surface area contributed by atoms with Crippen molar-refractivity contribution in [2.24, 2.45) is 4.99 Å². The van der Waals surface area contributed by atoms with Gasteiger partial charge in [0.05, 0.1) is 25.3 Å². The first-order valence-corrected chi connectivity index (χ1v) is 14.2. The van der Waals surface area contributed by atoms with Gasteiger partial charge in [-0.15, -0.1) is 0 Å². The maximum absolute atomic E-state index is 14.5. The number of urea groups is 1. The average Bonchev–Trinajstić information content (AvgIpc) is 3.34. The molecule has 1 heterocycles. The quantitative estimate of drug-likeness (QED) is 0.259. The maximum atomic E-state index is 14.5. The molecule has 0 bridgehead atoms. The lowest BCUT2D eigenvalue weighted by atomic mass is 9.93. The van der Waals surface area contributed by atoms with Gasteiger partial charge in [-0.25, -0.2) is 4.79 Å². The summed E-state index contributed by atoms with van der Waals surface area (Å²) in [5.41, 5.74) is 2.58. The number of ether oxygens (including phenoxy) is 2. The number of amides is 2. The molecule has 0 N–H and O–H groups in total. The molecule has 0 radical (unpaired) electrons.